The van der Waals surface area contributed by atoms with Gasteiger partial charge in [0.25, 0.3) is 0 Å². The van der Waals surface area contributed by atoms with E-state index >= 15 is 0 Å². The Labute approximate surface area is 141 Å². The van der Waals surface area contributed by atoms with Gasteiger partial charge in [0.1, 0.15) is 6.33 Å². The third kappa shape index (κ3) is 3.24. The summed E-state index contributed by atoms with van der Waals surface area (Å²) in [5.74, 6) is 1.52. The zero-order valence-electron chi connectivity index (χ0n) is 13.6. The summed E-state index contributed by atoms with van der Waals surface area (Å²) in [7, 11) is 0. The van der Waals surface area contributed by atoms with Crippen LogP contribution in [0.3, 0.4) is 0 Å². The Balaban J connectivity index is 2.04. The zero-order chi connectivity index (χ0) is 16.3. The van der Waals surface area contributed by atoms with E-state index in [9.17, 15) is 0 Å². The van der Waals surface area contributed by atoms with E-state index in [0.29, 0.717) is 11.1 Å². The zero-order valence-corrected chi connectivity index (χ0v) is 14.4. The largest absolute Gasteiger partial charge is 0.379 e. The molecular weight excluding hydrogens is 304 g/mol. The van der Waals surface area contributed by atoms with Gasteiger partial charge >= 0.3 is 0 Å². The number of nitrogens with two attached hydrogens (primary N) is 1. The Morgan fingerprint density at radius 3 is 2.78 bits per heavy atom. The predicted octanol–water partition coefficient (Wildman–Crippen LogP) is 3.84. The number of benzene rings is 1. The fourth-order valence-electron chi connectivity index (χ4n) is 3.18. The van der Waals surface area contributed by atoms with Crippen molar-refractivity contribution in [1.82, 2.24) is 9.97 Å². The first-order valence-electron chi connectivity index (χ1n) is 7.97. The average Bonchev–Trinajstić information content (AvgIpc) is 2.58. The number of hydrogen-bond donors (Lipinski definition) is 1. The average molecular weight is 326 g/mol. The minimum Gasteiger partial charge on any atom is -0.379 e. The van der Waals surface area contributed by atoms with Crippen LogP contribution >= 0.6 is 11.8 Å². The van der Waals surface area contributed by atoms with Crippen molar-refractivity contribution >= 4 is 16.9 Å². The molecule has 1 aliphatic heterocycles. The lowest BCUT2D eigenvalue weighted by Gasteiger charge is -2.38. The van der Waals surface area contributed by atoms with Crippen molar-refractivity contribution in [2.75, 3.05) is 5.75 Å². The topological polar surface area (TPSA) is 64.2 Å². The second-order valence-electron chi connectivity index (χ2n) is 6.10. The van der Waals surface area contributed by atoms with Crippen LogP contribution in [0.4, 0.5) is 0 Å². The maximum atomic E-state index is 6.05. The van der Waals surface area contributed by atoms with Crippen molar-refractivity contribution in [3.05, 3.63) is 48.5 Å². The lowest BCUT2D eigenvalue weighted by molar-refractivity contribution is 0.310. The first-order chi connectivity index (χ1) is 11.1. The van der Waals surface area contributed by atoms with Crippen LogP contribution in [0, 0.1) is 5.92 Å². The van der Waals surface area contributed by atoms with Gasteiger partial charge < -0.3 is 5.73 Å². The molecule has 2 atom stereocenters. The summed E-state index contributed by atoms with van der Waals surface area (Å²) in [6.45, 7) is 4.44. The molecule has 2 heterocycles. The van der Waals surface area contributed by atoms with Crippen molar-refractivity contribution < 1.29 is 0 Å². The monoisotopic (exact) mass is 326 g/mol. The molecule has 0 spiro atoms. The number of hydrogen-bond acceptors (Lipinski definition) is 5. The Kier molecular flexibility index (Phi) is 4.66. The molecule has 120 valence electrons. The van der Waals surface area contributed by atoms with E-state index < -0.39 is 0 Å². The molecule has 0 radical (unpaired) electrons. The van der Waals surface area contributed by atoms with Crippen molar-refractivity contribution in [2.45, 2.75) is 32.2 Å². The van der Waals surface area contributed by atoms with E-state index in [1.807, 2.05) is 12.4 Å². The molecule has 23 heavy (non-hydrogen) atoms. The molecule has 4 nitrogen and oxygen atoms in total. The van der Waals surface area contributed by atoms with Gasteiger partial charge in [-0.2, -0.15) is 0 Å². The van der Waals surface area contributed by atoms with Crippen LogP contribution in [0.15, 0.2) is 48.0 Å². The van der Waals surface area contributed by atoms with Crippen LogP contribution in [0.5, 0.6) is 0 Å². The van der Waals surface area contributed by atoms with Crippen molar-refractivity contribution in [2.24, 2.45) is 16.6 Å². The van der Waals surface area contributed by atoms with Crippen molar-refractivity contribution in [1.29, 1.82) is 0 Å². The van der Waals surface area contributed by atoms with Crippen LogP contribution in [0.25, 0.3) is 11.1 Å². The molecular formula is C18H22N4S. The molecule has 0 saturated heterocycles. The van der Waals surface area contributed by atoms with Crippen molar-refractivity contribution in [3.63, 3.8) is 0 Å². The summed E-state index contributed by atoms with van der Waals surface area (Å²) in [4.78, 5) is 13.1. The molecule has 0 amide bonds. The molecule has 1 aromatic heterocycles. The SMILES string of the molecule is CCC[C@H]1CSC(N)=NC1(C)c1cccc(-c2cncnc2)c1. The third-order valence-electron chi connectivity index (χ3n) is 4.55. The maximum absolute atomic E-state index is 6.05. The van der Waals surface area contributed by atoms with Crippen LogP contribution < -0.4 is 5.73 Å². The molecule has 1 aromatic carbocycles. The van der Waals surface area contributed by atoms with Gasteiger partial charge in [-0.05, 0) is 36.5 Å². The van der Waals surface area contributed by atoms with Crippen LogP contribution in [-0.4, -0.2) is 20.9 Å². The molecule has 2 N–H and O–H groups in total. The number of thioether (sulfide) groups is 1. The molecule has 0 aliphatic carbocycles. The molecule has 3 rings (SSSR count). The highest BCUT2D eigenvalue weighted by Gasteiger charge is 2.38. The van der Waals surface area contributed by atoms with Gasteiger partial charge in [0.05, 0.1) is 5.54 Å². The van der Waals surface area contributed by atoms with Gasteiger partial charge in [0.15, 0.2) is 5.17 Å². The van der Waals surface area contributed by atoms with Crippen LogP contribution in [-0.2, 0) is 5.54 Å². The molecule has 0 saturated carbocycles. The Bertz CT molecular complexity index is 701. The highest BCUT2D eigenvalue weighted by molar-refractivity contribution is 8.13. The lowest BCUT2D eigenvalue weighted by atomic mass is 9.78. The van der Waals surface area contributed by atoms with Gasteiger partial charge in [0.2, 0.25) is 0 Å². The highest BCUT2D eigenvalue weighted by atomic mass is 32.2. The second kappa shape index (κ2) is 6.71. The van der Waals surface area contributed by atoms with E-state index in [1.54, 1.807) is 18.1 Å². The van der Waals surface area contributed by atoms with E-state index in [-0.39, 0.29) is 5.54 Å². The first-order valence-corrected chi connectivity index (χ1v) is 8.96. The third-order valence-corrected chi connectivity index (χ3v) is 5.50. The normalized spacial score (nSPS) is 24.3. The standard InChI is InChI=1S/C18H22N4S/c1-3-5-16-11-23-17(19)22-18(16,2)15-7-4-6-13(8-15)14-9-20-12-21-10-14/h4,6-10,12,16H,3,5,11H2,1-2H3,(H2,19,22)/t16-,18?/m0/s1. The number of amidine groups is 1. The first kappa shape index (κ1) is 16.0. The van der Waals surface area contributed by atoms with E-state index in [0.717, 1.165) is 29.7 Å². The minimum absolute atomic E-state index is 0.267. The summed E-state index contributed by atoms with van der Waals surface area (Å²) >= 11 is 1.67. The molecule has 2 aromatic rings. The highest BCUT2D eigenvalue weighted by Crippen LogP contribution is 2.42. The number of nitrogens with zero attached hydrogens (tertiary/aromatic N) is 3. The molecule has 0 bridgehead atoms. The summed E-state index contributed by atoms with van der Waals surface area (Å²) < 4.78 is 0. The van der Waals surface area contributed by atoms with Gasteiger partial charge in [-0.3, -0.25) is 4.99 Å². The predicted molar refractivity (Wildman–Crippen MR) is 97.3 cm³/mol. The summed E-state index contributed by atoms with van der Waals surface area (Å²) in [5, 5.41) is 0.688. The molecule has 5 heteroatoms. The molecule has 0 fully saturated rings. The lowest BCUT2D eigenvalue weighted by Crippen LogP contribution is -2.38. The summed E-state index contributed by atoms with van der Waals surface area (Å²) in [6, 6.07) is 8.53. The Morgan fingerprint density at radius 2 is 2.04 bits per heavy atom. The minimum atomic E-state index is -0.267. The molecule has 1 unspecified atom stereocenters. The second-order valence-corrected chi connectivity index (χ2v) is 7.14. The van der Waals surface area contributed by atoms with Gasteiger partial charge in [-0.15, -0.1) is 0 Å². The summed E-state index contributed by atoms with van der Waals surface area (Å²) in [6.07, 6.45) is 7.54. The van der Waals surface area contributed by atoms with E-state index in [1.165, 1.54) is 5.56 Å². The summed E-state index contributed by atoms with van der Waals surface area (Å²) in [5.41, 5.74) is 9.13. The van der Waals surface area contributed by atoms with Crippen LogP contribution in [0.1, 0.15) is 32.3 Å². The maximum Gasteiger partial charge on any atom is 0.154 e. The van der Waals surface area contributed by atoms with Gasteiger partial charge in [-0.25, -0.2) is 9.97 Å². The number of aliphatic imine (C=N–C) groups is 1. The molecule has 1 aliphatic rings. The Hall–Kier alpha value is -1.88. The smallest absolute Gasteiger partial charge is 0.154 e. The number of aromatic nitrogens is 2. The van der Waals surface area contributed by atoms with Crippen LogP contribution in [0.2, 0.25) is 0 Å². The van der Waals surface area contributed by atoms with E-state index in [2.05, 4.69) is 48.1 Å². The van der Waals surface area contributed by atoms with E-state index in [4.69, 9.17) is 10.7 Å². The van der Waals surface area contributed by atoms with Gasteiger partial charge in [-0.1, -0.05) is 43.3 Å². The van der Waals surface area contributed by atoms with Crippen molar-refractivity contribution in [3.8, 4) is 11.1 Å². The number of rotatable bonds is 4. The fraction of sp³-hybridized carbons (Fsp3) is 0.389. The fourth-order valence-corrected chi connectivity index (χ4v) is 4.29. The Morgan fingerprint density at radius 1 is 1.26 bits per heavy atom. The quantitative estimate of drug-likeness (QED) is 0.927. The van der Waals surface area contributed by atoms with Gasteiger partial charge in [0, 0.05) is 23.7 Å².